The summed E-state index contributed by atoms with van der Waals surface area (Å²) >= 11 is 3.34. The van der Waals surface area contributed by atoms with Crippen LogP contribution in [0, 0.1) is 6.92 Å². The third-order valence-electron chi connectivity index (χ3n) is 2.68. The van der Waals surface area contributed by atoms with Gasteiger partial charge in [-0.3, -0.25) is 10.1 Å². The van der Waals surface area contributed by atoms with Gasteiger partial charge in [-0.05, 0) is 41.1 Å². The number of rotatable bonds is 4. The van der Waals surface area contributed by atoms with Crippen LogP contribution in [0.3, 0.4) is 0 Å². The van der Waals surface area contributed by atoms with Gasteiger partial charge in [-0.15, -0.1) is 0 Å². The number of methoxy groups -OCH3 is 2. The van der Waals surface area contributed by atoms with Crippen molar-refractivity contribution < 1.29 is 14.3 Å². The van der Waals surface area contributed by atoms with Crippen LogP contribution in [0.2, 0.25) is 0 Å². The highest BCUT2D eigenvalue weighted by Crippen LogP contribution is 2.25. The highest BCUT2D eigenvalue weighted by Gasteiger charge is 2.11. The van der Waals surface area contributed by atoms with Crippen LogP contribution >= 0.6 is 15.9 Å². The molecule has 0 radical (unpaired) electrons. The number of nitrogens with zero attached hydrogens (tertiary/aromatic N) is 2. The topological polar surface area (TPSA) is 73.3 Å². The summed E-state index contributed by atoms with van der Waals surface area (Å²) < 4.78 is 10.9. The summed E-state index contributed by atoms with van der Waals surface area (Å²) in [6.07, 6.45) is 0. The molecule has 110 valence electrons. The molecule has 21 heavy (non-hydrogen) atoms. The van der Waals surface area contributed by atoms with Gasteiger partial charge in [-0.2, -0.15) is 4.98 Å². The summed E-state index contributed by atoms with van der Waals surface area (Å²) in [4.78, 5) is 20.4. The van der Waals surface area contributed by atoms with Crippen molar-refractivity contribution >= 4 is 27.8 Å². The fourth-order valence-electron chi connectivity index (χ4n) is 1.68. The third-order valence-corrected chi connectivity index (χ3v) is 3.30. The number of halogens is 1. The first-order valence-corrected chi connectivity index (χ1v) is 6.87. The third kappa shape index (κ3) is 3.69. The van der Waals surface area contributed by atoms with Crippen molar-refractivity contribution in [3.05, 3.63) is 40.0 Å². The number of aryl methyl sites for hydroxylation is 1. The van der Waals surface area contributed by atoms with Gasteiger partial charge in [-0.25, -0.2) is 4.98 Å². The van der Waals surface area contributed by atoms with Crippen molar-refractivity contribution in [1.29, 1.82) is 0 Å². The van der Waals surface area contributed by atoms with Crippen molar-refractivity contribution in [3.8, 4) is 11.6 Å². The molecule has 1 aromatic carbocycles. The number of amides is 1. The average Bonchev–Trinajstić information content (AvgIpc) is 2.46. The first kappa shape index (κ1) is 15.2. The van der Waals surface area contributed by atoms with E-state index < -0.39 is 0 Å². The second-order valence-corrected chi connectivity index (χ2v) is 5.03. The van der Waals surface area contributed by atoms with E-state index in [-0.39, 0.29) is 11.9 Å². The quantitative estimate of drug-likeness (QED) is 0.916. The molecular formula is C14H14BrN3O3. The van der Waals surface area contributed by atoms with E-state index >= 15 is 0 Å². The SMILES string of the molecule is COc1cc(C)nc(NC(=O)c2ccc(OC)c(Br)c2)n1. The Morgan fingerprint density at radius 2 is 1.95 bits per heavy atom. The maximum Gasteiger partial charge on any atom is 0.258 e. The highest BCUT2D eigenvalue weighted by atomic mass is 79.9. The Kier molecular flexibility index (Phi) is 4.74. The van der Waals surface area contributed by atoms with E-state index in [1.807, 2.05) is 0 Å². The normalized spacial score (nSPS) is 10.1. The number of benzene rings is 1. The lowest BCUT2D eigenvalue weighted by molar-refractivity contribution is 0.102. The van der Waals surface area contributed by atoms with Gasteiger partial charge in [0.1, 0.15) is 5.75 Å². The van der Waals surface area contributed by atoms with Crippen LogP contribution in [0.5, 0.6) is 11.6 Å². The molecule has 0 saturated heterocycles. The zero-order valence-corrected chi connectivity index (χ0v) is 13.4. The number of anilines is 1. The maximum atomic E-state index is 12.2. The Bertz CT molecular complexity index is 677. The van der Waals surface area contributed by atoms with Crippen LogP contribution in [0.15, 0.2) is 28.7 Å². The summed E-state index contributed by atoms with van der Waals surface area (Å²) in [5.41, 5.74) is 1.17. The van der Waals surface area contributed by atoms with Gasteiger partial charge in [0.25, 0.3) is 5.91 Å². The van der Waals surface area contributed by atoms with E-state index in [0.717, 1.165) is 0 Å². The first-order chi connectivity index (χ1) is 10.0. The number of nitrogens with one attached hydrogen (secondary N) is 1. The molecule has 6 nitrogen and oxygen atoms in total. The molecule has 1 aromatic heterocycles. The molecule has 0 atom stereocenters. The highest BCUT2D eigenvalue weighted by molar-refractivity contribution is 9.10. The zero-order valence-electron chi connectivity index (χ0n) is 11.8. The molecule has 2 aromatic rings. The predicted octanol–water partition coefficient (Wildman–Crippen LogP) is 2.82. The lowest BCUT2D eigenvalue weighted by atomic mass is 10.2. The monoisotopic (exact) mass is 351 g/mol. The maximum absolute atomic E-state index is 12.2. The van der Waals surface area contributed by atoms with Crippen LogP contribution < -0.4 is 14.8 Å². The van der Waals surface area contributed by atoms with E-state index in [4.69, 9.17) is 9.47 Å². The van der Waals surface area contributed by atoms with Crippen LogP contribution in [0.25, 0.3) is 0 Å². The second-order valence-electron chi connectivity index (χ2n) is 4.18. The molecule has 0 fully saturated rings. The summed E-state index contributed by atoms with van der Waals surface area (Å²) in [6.45, 7) is 1.80. The molecule has 0 aliphatic heterocycles. The van der Waals surface area contributed by atoms with Gasteiger partial charge < -0.3 is 9.47 Å². The molecular weight excluding hydrogens is 338 g/mol. The Balaban J connectivity index is 2.21. The lowest BCUT2D eigenvalue weighted by Crippen LogP contribution is -2.15. The summed E-state index contributed by atoms with van der Waals surface area (Å²) in [5.74, 6) is 0.934. The molecule has 0 unspecified atom stereocenters. The van der Waals surface area contributed by atoms with Gasteiger partial charge in [-0.1, -0.05) is 0 Å². The van der Waals surface area contributed by atoms with Crippen molar-refractivity contribution in [2.45, 2.75) is 6.92 Å². The number of carbonyl (C=O) groups is 1. The molecule has 1 heterocycles. The summed E-state index contributed by atoms with van der Waals surface area (Å²) in [5, 5.41) is 2.64. The number of ether oxygens (including phenoxy) is 2. The fraction of sp³-hybridized carbons (Fsp3) is 0.214. The van der Waals surface area contributed by atoms with E-state index in [0.29, 0.717) is 27.4 Å². The Labute approximate surface area is 130 Å². The molecule has 0 bridgehead atoms. The van der Waals surface area contributed by atoms with E-state index in [1.165, 1.54) is 7.11 Å². The van der Waals surface area contributed by atoms with Gasteiger partial charge in [0.05, 0.1) is 18.7 Å². The molecule has 0 saturated carbocycles. The summed E-state index contributed by atoms with van der Waals surface area (Å²) in [6, 6.07) is 6.71. The number of hydrogen-bond donors (Lipinski definition) is 1. The Morgan fingerprint density at radius 3 is 2.57 bits per heavy atom. The molecule has 1 amide bonds. The average molecular weight is 352 g/mol. The summed E-state index contributed by atoms with van der Waals surface area (Å²) in [7, 11) is 3.07. The minimum atomic E-state index is -0.314. The molecule has 0 aliphatic rings. The number of hydrogen-bond acceptors (Lipinski definition) is 5. The Morgan fingerprint density at radius 1 is 1.19 bits per heavy atom. The van der Waals surface area contributed by atoms with E-state index in [9.17, 15) is 4.79 Å². The van der Waals surface area contributed by atoms with Crippen LogP contribution in [0.4, 0.5) is 5.95 Å². The zero-order chi connectivity index (χ0) is 15.4. The fourth-order valence-corrected chi connectivity index (χ4v) is 2.22. The number of aromatic nitrogens is 2. The molecule has 1 N–H and O–H groups in total. The minimum absolute atomic E-state index is 0.198. The Hall–Kier alpha value is -2.15. The molecule has 2 rings (SSSR count). The predicted molar refractivity (Wildman–Crippen MR) is 82.0 cm³/mol. The molecule has 7 heteroatoms. The van der Waals surface area contributed by atoms with Crippen molar-refractivity contribution in [2.75, 3.05) is 19.5 Å². The van der Waals surface area contributed by atoms with Crippen molar-refractivity contribution in [2.24, 2.45) is 0 Å². The largest absolute Gasteiger partial charge is 0.496 e. The standard InChI is InChI=1S/C14H14BrN3O3/c1-8-6-12(21-3)17-14(16-8)18-13(19)9-4-5-11(20-2)10(15)7-9/h4-7H,1-3H3,(H,16,17,18,19). The van der Waals surface area contributed by atoms with Crippen LogP contribution in [0.1, 0.15) is 16.1 Å². The van der Waals surface area contributed by atoms with Crippen LogP contribution in [-0.4, -0.2) is 30.1 Å². The minimum Gasteiger partial charge on any atom is -0.496 e. The number of carbonyl (C=O) groups excluding carboxylic acids is 1. The van der Waals surface area contributed by atoms with E-state index in [1.54, 1.807) is 38.3 Å². The molecule has 0 aliphatic carbocycles. The van der Waals surface area contributed by atoms with Gasteiger partial charge >= 0.3 is 0 Å². The molecule has 0 spiro atoms. The van der Waals surface area contributed by atoms with Gasteiger partial charge in [0.15, 0.2) is 0 Å². The van der Waals surface area contributed by atoms with Gasteiger partial charge in [0, 0.05) is 17.3 Å². The van der Waals surface area contributed by atoms with Gasteiger partial charge in [0.2, 0.25) is 11.8 Å². The smallest absolute Gasteiger partial charge is 0.258 e. The first-order valence-electron chi connectivity index (χ1n) is 6.08. The van der Waals surface area contributed by atoms with Crippen LogP contribution in [-0.2, 0) is 0 Å². The lowest BCUT2D eigenvalue weighted by Gasteiger charge is -2.08. The van der Waals surface area contributed by atoms with Crippen molar-refractivity contribution in [1.82, 2.24) is 9.97 Å². The second kappa shape index (κ2) is 6.53. The van der Waals surface area contributed by atoms with Crippen molar-refractivity contribution in [3.63, 3.8) is 0 Å². The van der Waals surface area contributed by atoms with E-state index in [2.05, 4.69) is 31.2 Å².